The van der Waals surface area contributed by atoms with Crippen LogP contribution in [0, 0.1) is 23.7 Å². The number of benzene rings is 3. The van der Waals surface area contributed by atoms with E-state index in [1.165, 1.54) is 14.2 Å². The first kappa shape index (κ1) is 44.4. The smallest absolute Gasteiger partial charge is 0.407 e. The van der Waals surface area contributed by atoms with Gasteiger partial charge in [-0.25, -0.2) is 19.6 Å². The van der Waals surface area contributed by atoms with E-state index in [9.17, 15) is 19.2 Å². The lowest BCUT2D eigenvalue weighted by molar-refractivity contribution is -0.136. The Labute approximate surface area is 373 Å². The second kappa shape index (κ2) is 18.5. The Hall–Kier alpha value is -6.16. The van der Waals surface area contributed by atoms with E-state index < -0.39 is 24.3 Å². The second-order valence-electron chi connectivity index (χ2n) is 17.9. The molecule has 2 saturated heterocycles. The zero-order valence-corrected chi connectivity index (χ0v) is 37.9. The number of fused-ring (bicyclic) bond motifs is 6. The van der Waals surface area contributed by atoms with Crippen molar-refractivity contribution in [1.29, 1.82) is 0 Å². The van der Waals surface area contributed by atoms with Gasteiger partial charge >= 0.3 is 12.2 Å². The van der Waals surface area contributed by atoms with E-state index in [1.54, 1.807) is 7.11 Å². The monoisotopic (exact) mass is 876 g/mol. The first-order valence-electron chi connectivity index (χ1n) is 22.4. The van der Waals surface area contributed by atoms with Crippen LogP contribution in [0.3, 0.4) is 0 Å². The molecule has 8 atom stereocenters. The number of nitrogens with one attached hydrogen (secondary N) is 4. The SMILES string of the molecule is CC[C@H](C)C(NC(=O)OC)C(=O)N1C[C@@H](C)C[C@H]1c1ncc(-c2ccc3c(c2)COc2cc4c(ccc5[nH]c([C@@H]6CC(COC)CN6C(=O)C(NC(=O)OC)[C@@H](C)CC)nc54)cc2-3)[nH]1. The van der Waals surface area contributed by atoms with Crippen LogP contribution in [0.1, 0.15) is 89.6 Å². The molecule has 2 fully saturated rings. The summed E-state index contributed by atoms with van der Waals surface area (Å²) in [4.78, 5) is 73.4. The topological polar surface area (TPSA) is 193 Å². The van der Waals surface area contributed by atoms with Crippen molar-refractivity contribution in [1.82, 2.24) is 40.4 Å². The summed E-state index contributed by atoms with van der Waals surface area (Å²) >= 11 is 0. The van der Waals surface area contributed by atoms with Crippen molar-refractivity contribution >= 4 is 45.8 Å². The van der Waals surface area contributed by atoms with E-state index >= 15 is 0 Å². The van der Waals surface area contributed by atoms with Gasteiger partial charge in [0.05, 0.1) is 55.8 Å². The number of likely N-dealkylation sites (tertiary alicyclic amines) is 2. The Kier molecular flexibility index (Phi) is 12.9. The standard InChI is InChI=1S/C48H60N8O8/c1-9-26(4)40(53-47(59)62-7)45(57)55-21-25(3)15-37(55)43-49-20-36(51-43)30-11-13-32-31(17-30)24-64-39-19-33-29(18-34(32)39)12-14-35-42(33)52-44(50-35)38-16-28(23-61-6)22-56(38)46(58)41(27(5)10-2)54-48(60)63-8/h11-14,17-20,25-28,37-38,40-41H,9-10,15-16,21-24H2,1-8H3,(H,49,51)(H,50,52)(H,53,59)(H,54,60)/t25-,26-,27-,28?,37-,38-,40?,41?/m0/s1. The Morgan fingerprint density at radius 3 is 2.16 bits per heavy atom. The number of imidazole rings is 2. The number of hydrogen-bond acceptors (Lipinski definition) is 10. The molecule has 8 rings (SSSR count). The van der Waals surface area contributed by atoms with Crippen LogP contribution < -0.4 is 15.4 Å². The largest absolute Gasteiger partial charge is 0.488 e. The first-order chi connectivity index (χ1) is 30.8. The molecule has 16 heteroatoms. The van der Waals surface area contributed by atoms with Crippen molar-refractivity contribution in [2.75, 3.05) is 41.0 Å². The Morgan fingerprint density at radius 1 is 0.828 bits per heavy atom. The highest BCUT2D eigenvalue weighted by Crippen LogP contribution is 2.44. The Morgan fingerprint density at radius 2 is 1.50 bits per heavy atom. The molecule has 0 saturated carbocycles. The molecule has 5 aromatic rings. The highest BCUT2D eigenvalue weighted by molar-refractivity contribution is 6.07. The number of aromatic amines is 2. The van der Waals surface area contributed by atoms with Crippen LogP contribution in [0.25, 0.3) is 44.2 Å². The summed E-state index contributed by atoms with van der Waals surface area (Å²) in [5, 5.41) is 7.49. The summed E-state index contributed by atoms with van der Waals surface area (Å²) in [6.07, 6.45) is 3.38. The summed E-state index contributed by atoms with van der Waals surface area (Å²) in [5.41, 5.74) is 6.52. The van der Waals surface area contributed by atoms with Crippen LogP contribution in [0.4, 0.5) is 9.59 Å². The number of aromatic nitrogens is 4. The number of amides is 4. The molecule has 0 radical (unpaired) electrons. The Bertz CT molecular complexity index is 2550. The highest BCUT2D eigenvalue weighted by Gasteiger charge is 2.43. The quantitative estimate of drug-likeness (QED) is 0.0913. The number of alkyl carbamates (subject to hydrolysis) is 2. The van der Waals surface area contributed by atoms with Crippen LogP contribution in [-0.2, 0) is 30.4 Å². The number of rotatable bonds is 13. The molecule has 4 N–H and O–H groups in total. The lowest BCUT2D eigenvalue weighted by Gasteiger charge is -2.30. The van der Waals surface area contributed by atoms with Gasteiger partial charge in [0.25, 0.3) is 0 Å². The van der Waals surface area contributed by atoms with Gasteiger partial charge in [-0.15, -0.1) is 0 Å². The fourth-order valence-corrected chi connectivity index (χ4v) is 9.71. The first-order valence-corrected chi connectivity index (χ1v) is 22.4. The average molecular weight is 877 g/mol. The summed E-state index contributed by atoms with van der Waals surface area (Å²) in [7, 11) is 4.26. The fraction of sp³-hybridized carbons (Fsp3) is 0.500. The van der Waals surface area contributed by atoms with Crippen molar-refractivity contribution in [2.24, 2.45) is 23.7 Å². The lowest BCUT2D eigenvalue weighted by atomic mass is 9.92. The molecule has 3 unspecified atom stereocenters. The van der Waals surface area contributed by atoms with Gasteiger partial charge < -0.3 is 49.3 Å². The predicted molar refractivity (Wildman–Crippen MR) is 241 cm³/mol. The third-order valence-electron chi connectivity index (χ3n) is 13.6. The molecule has 64 heavy (non-hydrogen) atoms. The van der Waals surface area contributed by atoms with Gasteiger partial charge in [-0.05, 0) is 76.9 Å². The second-order valence-corrected chi connectivity index (χ2v) is 17.9. The zero-order valence-electron chi connectivity index (χ0n) is 37.9. The van der Waals surface area contributed by atoms with Crippen LogP contribution in [0.15, 0.2) is 48.7 Å². The molecular weight excluding hydrogens is 817 g/mol. The van der Waals surface area contributed by atoms with Gasteiger partial charge in [-0.1, -0.05) is 65.7 Å². The van der Waals surface area contributed by atoms with Crippen LogP contribution >= 0.6 is 0 Å². The maximum Gasteiger partial charge on any atom is 0.407 e. The van der Waals surface area contributed by atoms with Crippen molar-refractivity contribution in [3.8, 4) is 28.1 Å². The number of carbonyl (C=O) groups is 4. The summed E-state index contributed by atoms with van der Waals surface area (Å²) in [6.45, 7) is 11.9. The molecular formula is C48H60N8O8. The summed E-state index contributed by atoms with van der Waals surface area (Å²) < 4.78 is 21.7. The van der Waals surface area contributed by atoms with E-state index in [4.69, 9.17) is 28.9 Å². The van der Waals surface area contributed by atoms with E-state index in [1.807, 2.05) is 49.8 Å². The van der Waals surface area contributed by atoms with E-state index in [0.717, 1.165) is 68.3 Å². The number of H-pyrrole nitrogens is 2. The van der Waals surface area contributed by atoms with Gasteiger partial charge in [0.2, 0.25) is 11.8 Å². The third-order valence-corrected chi connectivity index (χ3v) is 13.6. The molecule has 0 bridgehead atoms. The highest BCUT2D eigenvalue weighted by atomic mass is 16.5. The van der Waals surface area contributed by atoms with Crippen molar-refractivity contribution < 1.29 is 38.1 Å². The molecule has 3 aliphatic rings. The van der Waals surface area contributed by atoms with Crippen molar-refractivity contribution in [3.63, 3.8) is 0 Å². The lowest BCUT2D eigenvalue weighted by Crippen LogP contribution is -2.51. The van der Waals surface area contributed by atoms with Crippen LogP contribution in [-0.4, -0.2) is 107 Å². The Balaban J connectivity index is 1.05. The molecule has 3 aromatic carbocycles. The van der Waals surface area contributed by atoms with Gasteiger partial charge in [0.15, 0.2) is 0 Å². The van der Waals surface area contributed by atoms with Gasteiger partial charge in [-0.3, -0.25) is 9.59 Å². The average Bonchev–Trinajstić information content (AvgIpc) is 4.14. The number of methoxy groups -OCH3 is 3. The predicted octanol–water partition coefficient (Wildman–Crippen LogP) is 7.65. The number of hydrogen-bond donors (Lipinski definition) is 4. The molecule has 3 aliphatic heterocycles. The van der Waals surface area contributed by atoms with Gasteiger partial charge in [-0.2, -0.15) is 0 Å². The van der Waals surface area contributed by atoms with Gasteiger partial charge in [0.1, 0.15) is 36.1 Å². The minimum atomic E-state index is -0.748. The molecule has 0 spiro atoms. The van der Waals surface area contributed by atoms with Crippen molar-refractivity contribution in [2.45, 2.75) is 91.1 Å². The van der Waals surface area contributed by atoms with E-state index in [-0.39, 0.29) is 47.6 Å². The number of nitrogens with zero attached hydrogens (tertiary/aromatic N) is 4. The van der Waals surface area contributed by atoms with E-state index in [0.29, 0.717) is 50.8 Å². The summed E-state index contributed by atoms with van der Waals surface area (Å²) in [6, 6.07) is 12.6. The van der Waals surface area contributed by atoms with Crippen LogP contribution in [0.2, 0.25) is 0 Å². The molecule has 4 amide bonds. The van der Waals surface area contributed by atoms with E-state index in [2.05, 4.69) is 63.9 Å². The zero-order chi connectivity index (χ0) is 45.4. The number of ether oxygens (including phenoxy) is 4. The van der Waals surface area contributed by atoms with Gasteiger partial charge in [0, 0.05) is 37.1 Å². The third kappa shape index (κ3) is 8.47. The summed E-state index contributed by atoms with van der Waals surface area (Å²) in [5.74, 6) is 2.00. The minimum Gasteiger partial charge on any atom is -0.488 e. The van der Waals surface area contributed by atoms with Crippen molar-refractivity contribution in [3.05, 3.63) is 65.9 Å². The van der Waals surface area contributed by atoms with Crippen LogP contribution in [0.5, 0.6) is 5.75 Å². The molecule has 0 aliphatic carbocycles. The molecule has 340 valence electrons. The molecule has 16 nitrogen and oxygen atoms in total. The maximum atomic E-state index is 14.2. The minimum absolute atomic E-state index is 0.0792. The molecule has 2 aromatic heterocycles. The maximum absolute atomic E-state index is 14.2. The normalized spacial score (nSPS) is 21.1. The molecule has 5 heterocycles. The fourth-order valence-electron chi connectivity index (χ4n) is 9.71. The number of carbonyl (C=O) groups excluding carboxylic acids is 4.